The number of likely N-dealkylation sites (tertiary alicyclic amines) is 1. The Morgan fingerprint density at radius 3 is 2.71 bits per heavy atom. The Morgan fingerprint density at radius 1 is 1.18 bits per heavy atom. The van der Waals surface area contributed by atoms with Gasteiger partial charge in [-0.15, -0.1) is 12.4 Å². The molecule has 154 valence electrons. The zero-order valence-corrected chi connectivity index (χ0v) is 16.9. The maximum Gasteiger partial charge on any atom is 0.254 e. The smallest absolute Gasteiger partial charge is 0.254 e. The van der Waals surface area contributed by atoms with Gasteiger partial charge in [0.05, 0.1) is 0 Å². The monoisotopic (exact) mass is 408 g/mol. The summed E-state index contributed by atoms with van der Waals surface area (Å²) in [6.07, 6.45) is 4.60. The molecule has 2 heterocycles. The van der Waals surface area contributed by atoms with E-state index in [4.69, 9.17) is 5.73 Å². The lowest BCUT2D eigenvalue weighted by molar-refractivity contribution is -0.121. The number of hydrogen-bond donors (Lipinski definition) is 2. The molecule has 2 fully saturated rings. The Bertz CT molecular complexity index is 712. The molecule has 7 nitrogen and oxygen atoms in total. The van der Waals surface area contributed by atoms with Gasteiger partial charge in [-0.3, -0.25) is 14.4 Å². The van der Waals surface area contributed by atoms with Crippen molar-refractivity contribution >= 4 is 35.8 Å². The zero-order chi connectivity index (χ0) is 19.2. The van der Waals surface area contributed by atoms with Gasteiger partial charge in [0.2, 0.25) is 11.8 Å². The minimum atomic E-state index is -0.0787. The van der Waals surface area contributed by atoms with Crippen LogP contribution in [-0.4, -0.2) is 54.8 Å². The second-order valence-corrected chi connectivity index (χ2v) is 7.19. The highest BCUT2D eigenvalue weighted by Gasteiger charge is 2.29. The van der Waals surface area contributed by atoms with Crippen LogP contribution in [0.4, 0.5) is 5.69 Å². The topological polar surface area (TPSA) is 95.7 Å². The van der Waals surface area contributed by atoms with E-state index in [0.29, 0.717) is 44.6 Å². The molecular formula is C20H29ClN4O3. The van der Waals surface area contributed by atoms with Gasteiger partial charge in [0.1, 0.15) is 0 Å². The van der Waals surface area contributed by atoms with Crippen molar-refractivity contribution in [1.82, 2.24) is 10.2 Å². The molecule has 3 rings (SSSR count). The Labute approximate surface area is 172 Å². The van der Waals surface area contributed by atoms with E-state index in [1.165, 1.54) is 0 Å². The Morgan fingerprint density at radius 2 is 2.00 bits per heavy atom. The van der Waals surface area contributed by atoms with Crippen LogP contribution in [-0.2, 0) is 9.59 Å². The Balaban J connectivity index is 0.00000280. The summed E-state index contributed by atoms with van der Waals surface area (Å²) in [6.45, 7) is 2.16. The van der Waals surface area contributed by atoms with Gasteiger partial charge >= 0.3 is 0 Å². The first-order valence-electron chi connectivity index (χ1n) is 9.78. The first-order valence-corrected chi connectivity index (χ1v) is 9.78. The summed E-state index contributed by atoms with van der Waals surface area (Å²) in [5.41, 5.74) is 6.79. The predicted octanol–water partition coefficient (Wildman–Crippen LogP) is 1.69. The van der Waals surface area contributed by atoms with Crippen LogP contribution < -0.4 is 16.0 Å². The number of nitrogens with one attached hydrogen (secondary N) is 1. The number of halogens is 1. The number of benzene rings is 1. The first kappa shape index (κ1) is 22.2. The molecule has 0 radical (unpaired) electrons. The molecule has 3 N–H and O–H groups in total. The summed E-state index contributed by atoms with van der Waals surface area (Å²) in [7, 11) is 0. The second kappa shape index (κ2) is 10.4. The van der Waals surface area contributed by atoms with E-state index in [9.17, 15) is 14.4 Å². The lowest BCUT2D eigenvalue weighted by Crippen LogP contribution is -2.49. The van der Waals surface area contributed by atoms with E-state index >= 15 is 0 Å². The maximum atomic E-state index is 13.1. The lowest BCUT2D eigenvalue weighted by Gasteiger charge is -2.36. The highest BCUT2D eigenvalue weighted by molar-refractivity contribution is 5.99. The van der Waals surface area contributed by atoms with E-state index in [2.05, 4.69) is 5.32 Å². The Kier molecular flexibility index (Phi) is 8.26. The van der Waals surface area contributed by atoms with Gasteiger partial charge in [-0.25, -0.2) is 0 Å². The van der Waals surface area contributed by atoms with Crippen molar-refractivity contribution in [2.45, 2.75) is 44.6 Å². The molecule has 0 aromatic heterocycles. The largest absolute Gasteiger partial charge is 0.354 e. The summed E-state index contributed by atoms with van der Waals surface area (Å²) >= 11 is 0. The van der Waals surface area contributed by atoms with Crippen molar-refractivity contribution in [3.63, 3.8) is 0 Å². The normalized spacial score (nSPS) is 19.3. The summed E-state index contributed by atoms with van der Waals surface area (Å²) in [4.78, 5) is 40.4. The number of hydrogen-bond acceptors (Lipinski definition) is 4. The summed E-state index contributed by atoms with van der Waals surface area (Å²) in [6, 6.07) is 7.30. The van der Waals surface area contributed by atoms with Crippen LogP contribution in [0.3, 0.4) is 0 Å². The number of amides is 3. The van der Waals surface area contributed by atoms with Gasteiger partial charge in [-0.2, -0.15) is 0 Å². The SMILES string of the molecule is Cl.NCCC(=O)NCC1CCCCN1C(=O)c1cccc(N2CCCC2=O)c1. The molecule has 0 bridgehead atoms. The van der Waals surface area contributed by atoms with Crippen LogP contribution in [0.2, 0.25) is 0 Å². The third kappa shape index (κ3) is 5.23. The first-order chi connectivity index (χ1) is 13.1. The van der Waals surface area contributed by atoms with Crippen LogP contribution in [0.25, 0.3) is 0 Å². The van der Waals surface area contributed by atoms with Crippen LogP contribution >= 0.6 is 12.4 Å². The van der Waals surface area contributed by atoms with Crippen LogP contribution in [0.1, 0.15) is 48.9 Å². The number of carbonyl (C=O) groups is 3. The number of piperidine rings is 1. The second-order valence-electron chi connectivity index (χ2n) is 7.19. The minimum Gasteiger partial charge on any atom is -0.354 e. The lowest BCUT2D eigenvalue weighted by atomic mass is 10.0. The average molecular weight is 409 g/mol. The number of nitrogens with zero attached hydrogens (tertiary/aromatic N) is 2. The summed E-state index contributed by atoms with van der Waals surface area (Å²) in [5.74, 6) is -0.00986. The quantitative estimate of drug-likeness (QED) is 0.748. The molecule has 0 aliphatic carbocycles. The molecule has 1 atom stereocenters. The molecule has 8 heteroatoms. The Hall–Kier alpha value is -2.12. The highest BCUT2D eigenvalue weighted by Crippen LogP contribution is 2.25. The molecule has 28 heavy (non-hydrogen) atoms. The summed E-state index contributed by atoms with van der Waals surface area (Å²) in [5, 5.41) is 2.89. The van der Waals surface area contributed by atoms with E-state index in [-0.39, 0.29) is 36.2 Å². The molecule has 1 aromatic carbocycles. The van der Waals surface area contributed by atoms with Crippen LogP contribution in [0.5, 0.6) is 0 Å². The molecule has 2 saturated heterocycles. The molecule has 0 spiro atoms. The van der Waals surface area contributed by atoms with E-state index < -0.39 is 0 Å². The van der Waals surface area contributed by atoms with Crippen LogP contribution in [0.15, 0.2) is 24.3 Å². The molecule has 0 saturated carbocycles. The van der Waals surface area contributed by atoms with Crippen molar-refractivity contribution in [2.75, 3.05) is 31.1 Å². The third-order valence-corrected chi connectivity index (χ3v) is 5.27. The molecular weight excluding hydrogens is 380 g/mol. The van der Waals surface area contributed by atoms with Crippen molar-refractivity contribution in [2.24, 2.45) is 5.73 Å². The van der Waals surface area contributed by atoms with Crippen molar-refractivity contribution in [1.29, 1.82) is 0 Å². The predicted molar refractivity (Wildman–Crippen MR) is 111 cm³/mol. The van der Waals surface area contributed by atoms with E-state index in [1.807, 2.05) is 23.1 Å². The molecule has 3 amide bonds. The minimum absolute atomic E-state index is 0. The number of rotatable bonds is 6. The fraction of sp³-hybridized carbons (Fsp3) is 0.550. The van der Waals surface area contributed by atoms with Gasteiger partial charge in [0, 0.05) is 56.3 Å². The number of carbonyl (C=O) groups excluding carboxylic acids is 3. The zero-order valence-electron chi connectivity index (χ0n) is 16.1. The van der Waals surface area contributed by atoms with Crippen molar-refractivity contribution < 1.29 is 14.4 Å². The van der Waals surface area contributed by atoms with Gasteiger partial charge in [0.15, 0.2) is 0 Å². The molecule has 2 aliphatic heterocycles. The molecule has 1 unspecified atom stereocenters. The highest BCUT2D eigenvalue weighted by atomic mass is 35.5. The van der Waals surface area contributed by atoms with Gasteiger partial charge in [-0.1, -0.05) is 6.07 Å². The fourth-order valence-electron chi connectivity index (χ4n) is 3.83. The third-order valence-electron chi connectivity index (χ3n) is 5.27. The molecule has 1 aromatic rings. The van der Waals surface area contributed by atoms with Gasteiger partial charge in [-0.05, 0) is 43.9 Å². The van der Waals surface area contributed by atoms with Crippen LogP contribution in [0, 0.1) is 0 Å². The number of anilines is 1. The molecule has 2 aliphatic rings. The van der Waals surface area contributed by atoms with E-state index in [1.54, 1.807) is 11.0 Å². The average Bonchev–Trinajstić information content (AvgIpc) is 3.12. The standard InChI is InChI=1S/C20H28N4O3.ClH/c21-10-9-18(25)22-14-17-6-1-2-11-24(17)20(27)15-5-3-7-16(13-15)23-12-4-8-19(23)26;/h3,5,7,13,17H,1-2,4,6,8-12,14,21H2,(H,22,25);1H. The van der Waals surface area contributed by atoms with Crippen molar-refractivity contribution in [3.8, 4) is 0 Å². The summed E-state index contributed by atoms with van der Waals surface area (Å²) < 4.78 is 0. The number of nitrogens with two attached hydrogens (primary N) is 1. The van der Waals surface area contributed by atoms with Gasteiger partial charge < -0.3 is 20.9 Å². The van der Waals surface area contributed by atoms with Gasteiger partial charge in [0.25, 0.3) is 5.91 Å². The fourth-order valence-corrected chi connectivity index (χ4v) is 3.83. The van der Waals surface area contributed by atoms with E-state index in [0.717, 1.165) is 31.4 Å². The maximum absolute atomic E-state index is 13.1. The van der Waals surface area contributed by atoms with Crippen molar-refractivity contribution in [3.05, 3.63) is 29.8 Å².